The Balaban J connectivity index is 2.09. The van der Waals surface area contributed by atoms with Crippen LogP contribution in [0.4, 0.5) is 0 Å². The average Bonchev–Trinajstić information content (AvgIpc) is 3.32. The molecule has 2 aromatic carbocycles. The summed E-state index contributed by atoms with van der Waals surface area (Å²) in [6, 6.07) is 16.6. The maximum atomic E-state index is 13.3. The minimum Gasteiger partial charge on any atom is -0.207 e. The van der Waals surface area contributed by atoms with Crippen LogP contribution in [0.25, 0.3) is 0 Å². The second-order valence-electron chi connectivity index (χ2n) is 6.47. The second kappa shape index (κ2) is 6.98. The first kappa shape index (κ1) is 17.6. The predicted molar refractivity (Wildman–Crippen MR) is 102 cm³/mol. The molecule has 0 bridgehead atoms. The lowest BCUT2D eigenvalue weighted by atomic mass is 10.0. The van der Waals surface area contributed by atoms with E-state index in [2.05, 4.69) is 13.5 Å². The fourth-order valence-corrected chi connectivity index (χ4v) is 4.64. The van der Waals surface area contributed by atoms with Gasteiger partial charge in [0.25, 0.3) is 0 Å². The SMILES string of the molecule is C=CCN(C(C1=C(C)C1)c1ccccc1)S(=O)(=O)c1ccc(C)cc1. The van der Waals surface area contributed by atoms with E-state index in [0.717, 1.165) is 17.5 Å². The first-order valence-electron chi connectivity index (χ1n) is 8.38. The average molecular weight is 353 g/mol. The third-order valence-corrected chi connectivity index (χ3v) is 6.39. The van der Waals surface area contributed by atoms with Gasteiger partial charge in [0, 0.05) is 6.54 Å². The van der Waals surface area contributed by atoms with E-state index in [0.29, 0.717) is 4.90 Å². The van der Waals surface area contributed by atoms with Gasteiger partial charge in [-0.05, 0) is 43.5 Å². The van der Waals surface area contributed by atoms with Crippen molar-refractivity contribution in [2.75, 3.05) is 6.54 Å². The van der Waals surface area contributed by atoms with Crippen molar-refractivity contribution in [2.24, 2.45) is 0 Å². The van der Waals surface area contributed by atoms with Gasteiger partial charge in [0.1, 0.15) is 0 Å². The van der Waals surface area contributed by atoms with Gasteiger partial charge in [-0.25, -0.2) is 8.42 Å². The minimum atomic E-state index is -3.63. The molecule has 0 heterocycles. The summed E-state index contributed by atoms with van der Waals surface area (Å²) in [7, 11) is -3.63. The zero-order chi connectivity index (χ0) is 18.0. The maximum Gasteiger partial charge on any atom is 0.244 e. The van der Waals surface area contributed by atoms with Crippen molar-refractivity contribution in [1.82, 2.24) is 4.31 Å². The van der Waals surface area contributed by atoms with Crippen LogP contribution in [0, 0.1) is 6.92 Å². The van der Waals surface area contributed by atoms with Crippen LogP contribution in [-0.2, 0) is 10.0 Å². The molecule has 0 fully saturated rings. The van der Waals surface area contributed by atoms with E-state index >= 15 is 0 Å². The van der Waals surface area contributed by atoms with Crippen LogP contribution in [0.5, 0.6) is 0 Å². The first-order valence-corrected chi connectivity index (χ1v) is 9.82. The summed E-state index contributed by atoms with van der Waals surface area (Å²) in [5.41, 5.74) is 4.48. The van der Waals surface area contributed by atoms with Gasteiger partial charge in [0.2, 0.25) is 10.0 Å². The molecular weight excluding hydrogens is 330 g/mol. The maximum absolute atomic E-state index is 13.3. The molecule has 0 N–H and O–H groups in total. The number of sulfonamides is 1. The Bertz CT molecular complexity index is 897. The fraction of sp³-hybridized carbons (Fsp3) is 0.238. The van der Waals surface area contributed by atoms with Crippen LogP contribution >= 0.6 is 0 Å². The van der Waals surface area contributed by atoms with E-state index in [1.54, 1.807) is 22.5 Å². The Morgan fingerprint density at radius 3 is 2.20 bits per heavy atom. The van der Waals surface area contributed by atoms with Crippen LogP contribution in [0.1, 0.15) is 30.5 Å². The molecule has 2 aromatic rings. The summed E-state index contributed by atoms with van der Waals surface area (Å²) in [6.45, 7) is 8.06. The highest BCUT2D eigenvalue weighted by Gasteiger charge is 2.38. The van der Waals surface area contributed by atoms with E-state index in [9.17, 15) is 8.42 Å². The Morgan fingerprint density at radius 2 is 1.68 bits per heavy atom. The molecule has 0 aromatic heterocycles. The zero-order valence-corrected chi connectivity index (χ0v) is 15.5. The zero-order valence-electron chi connectivity index (χ0n) is 14.6. The summed E-state index contributed by atoms with van der Waals surface area (Å²) in [5.74, 6) is 0. The summed E-state index contributed by atoms with van der Waals surface area (Å²) >= 11 is 0. The molecule has 4 heteroatoms. The molecule has 1 unspecified atom stereocenters. The normalized spacial score (nSPS) is 15.3. The lowest BCUT2D eigenvalue weighted by Gasteiger charge is -2.29. The van der Waals surface area contributed by atoms with Crippen LogP contribution in [-0.4, -0.2) is 19.3 Å². The van der Waals surface area contributed by atoms with Gasteiger partial charge in [-0.2, -0.15) is 4.31 Å². The van der Waals surface area contributed by atoms with E-state index in [1.165, 1.54) is 11.1 Å². The highest BCUT2D eigenvalue weighted by atomic mass is 32.2. The first-order chi connectivity index (χ1) is 11.9. The smallest absolute Gasteiger partial charge is 0.207 e. The number of rotatable bonds is 7. The van der Waals surface area contributed by atoms with Crippen molar-refractivity contribution in [3.8, 4) is 0 Å². The van der Waals surface area contributed by atoms with Crippen molar-refractivity contribution in [1.29, 1.82) is 0 Å². The summed E-state index contributed by atoms with van der Waals surface area (Å²) < 4.78 is 28.2. The van der Waals surface area contributed by atoms with Crippen molar-refractivity contribution in [3.05, 3.63) is 89.5 Å². The molecule has 25 heavy (non-hydrogen) atoms. The van der Waals surface area contributed by atoms with E-state index in [-0.39, 0.29) is 12.6 Å². The van der Waals surface area contributed by atoms with Crippen molar-refractivity contribution >= 4 is 10.0 Å². The number of aryl methyl sites for hydroxylation is 1. The molecule has 0 spiro atoms. The number of hydrogen-bond acceptors (Lipinski definition) is 2. The molecule has 130 valence electrons. The van der Waals surface area contributed by atoms with Gasteiger partial charge < -0.3 is 0 Å². The fourth-order valence-electron chi connectivity index (χ4n) is 3.06. The molecule has 0 saturated carbocycles. The Labute approximate surface area is 150 Å². The summed E-state index contributed by atoms with van der Waals surface area (Å²) in [5, 5.41) is 0. The van der Waals surface area contributed by atoms with Gasteiger partial charge >= 0.3 is 0 Å². The monoisotopic (exact) mass is 353 g/mol. The van der Waals surface area contributed by atoms with E-state index in [1.807, 2.05) is 49.4 Å². The second-order valence-corrected chi connectivity index (χ2v) is 8.36. The van der Waals surface area contributed by atoms with E-state index < -0.39 is 10.0 Å². The van der Waals surface area contributed by atoms with Gasteiger partial charge in [-0.1, -0.05) is 59.7 Å². The lowest BCUT2D eigenvalue weighted by molar-refractivity contribution is 0.389. The predicted octanol–water partition coefficient (Wildman–Crippen LogP) is 4.63. The third-order valence-electron chi connectivity index (χ3n) is 4.55. The van der Waals surface area contributed by atoms with Gasteiger partial charge in [-0.15, -0.1) is 6.58 Å². The number of benzene rings is 2. The molecule has 0 saturated heterocycles. The molecule has 0 amide bonds. The van der Waals surface area contributed by atoms with E-state index in [4.69, 9.17) is 0 Å². The van der Waals surface area contributed by atoms with Gasteiger partial charge in [0.05, 0.1) is 10.9 Å². The van der Waals surface area contributed by atoms with Crippen molar-refractivity contribution in [3.63, 3.8) is 0 Å². The van der Waals surface area contributed by atoms with Gasteiger partial charge in [0.15, 0.2) is 0 Å². The molecular formula is C21H23NO2S. The Morgan fingerprint density at radius 1 is 1.08 bits per heavy atom. The molecule has 0 radical (unpaired) electrons. The Hall–Kier alpha value is -2.17. The van der Waals surface area contributed by atoms with Crippen molar-refractivity contribution < 1.29 is 8.42 Å². The van der Waals surface area contributed by atoms with Crippen LogP contribution < -0.4 is 0 Å². The topological polar surface area (TPSA) is 37.4 Å². The third kappa shape index (κ3) is 3.60. The molecule has 1 atom stereocenters. The number of nitrogens with zero attached hydrogens (tertiary/aromatic N) is 1. The molecule has 0 aliphatic heterocycles. The van der Waals surface area contributed by atoms with Crippen molar-refractivity contribution in [2.45, 2.75) is 31.2 Å². The van der Waals surface area contributed by atoms with Gasteiger partial charge in [-0.3, -0.25) is 0 Å². The summed E-state index contributed by atoms with van der Waals surface area (Å²) in [6.07, 6.45) is 2.54. The quantitative estimate of drug-likeness (QED) is 0.680. The van der Waals surface area contributed by atoms with Crippen LogP contribution in [0.2, 0.25) is 0 Å². The minimum absolute atomic E-state index is 0.270. The molecule has 3 nitrogen and oxygen atoms in total. The largest absolute Gasteiger partial charge is 0.244 e. The number of allylic oxidation sites excluding steroid dienone is 1. The highest BCUT2D eigenvalue weighted by Crippen LogP contribution is 2.45. The molecule has 1 aliphatic rings. The molecule has 1 aliphatic carbocycles. The molecule has 3 rings (SSSR count). The summed E-state index contributed by atoms with van der Waals surface area (Å²) in [4.78, 5) is 0.319. The number of hydrogen-bond donors (Lipinski definition) is 0. The van der Waals surface area contributed by atoms with Crippen LogP contribution in [0.3, 0.4) is 0 Å². The van der Waals surface area contributed by atoms with Crippen LogP contribution in [0.15, 0.2) is 83.3 Å². The highest BCUT2D eigenvalue weighted by molar-refractivity contribution is 7.89. The Kier molecular flexibility index (Phi) is 4.93. The lowest BCUT2D eigenvalue weighted by Crippen LogP contribution is -2.35. The standard InChI is InChI=1S/C21H23NO2S/c1-4-14-22(25(23,24)19-12-10-16(2)11-13-19)21(20-15-17(20)3)18-8-6-5-7-9-18/h4-13,21H,1,14-15H2,2-3H3.